The molecule has 0 aromatic carbocycles. The Bertz CT molecular complexity index is 676. The predicted molar refractivity (Wildman–Crippen MR) is 51.5 cm³/mol. The molecule has 0 atom stereocenters. The molecule has 0 saturated heterocycles. The Morgan fingerprint density at radius 2 is 0.724 bits per heavy atom. The summed E-state index contributed by atoms with van der Waals surface area (Å²) >= 11 is 0. The van der Waals surface area contributed by atoms with E-state index in [1.807, 2.05) is 0 Å². The van der Waals surface area contributed by atoms with E-state index in [1.165, 1.54) is 0 Å². The fourth-order valence-electron chi connectivity index (χ4n) is 1.05. The number of alkyl halides is 14. The molecule has 0 heterocycles. The van der Waals surface area contributed by atoms with Gasteiger partial charge in [0.25, 0.3) is 5.83 Å². The Morgan fingerprint density at radius 1 is 0.414 bits per heavy atom. The van der Waals surface area contributed by atoms with Crippen molar-refractivity contribution in [2.24, 2.45) is 0 Å². The first-order valence-corrected chi connectivity index (χ1v) is 5.81. The molecular weight excluding hydrogens is 478 g/mol. The molecule has 172 valence electrons. The maximum atomic E-state index is 12.9. The number of halogens is 18. The van der Waals surface area contributed by atoms with Crippen LogP contribution < -0.4 is 0 Å². The highest BCUT2D eigenvalue weighted by Crippen LogP contribution is 2.56. The molecule has 0 bridgehead atoms. The third-order valence-corrected chi connectivity index (χ3v) is 2.58. The van der Waals surface area contributed by atoms with Gasteiger partial charge in [-0.2, -0.15) is 79.0 Å². The first-order chi connectivity index (χ1) is 12.4. The Labute approximate surface area is 145 Å². The first-order valence-electron chi connectivity index (χ1n) is 5.81. The van der Waals surface area contributed by atoms with Gasteiger partial charge in [-0.1, -0.05) is 0 Å². The van der Waals surface area contributed by atoms with E-state index in [4.69, 9.17) is 0 Å². The zero-order valence-corrected chi connectivity index (χ0v) is 12.2. The molecule has 0 spiro atoms. The SMILES string of the molecule is FC(OC(F)=C(F)C(F)(F)C(F)(F)C(F)(F)C(F)(F)F)=C(F)C(F)(F)C(F)(F)F. The van der Waals surface area contributed by atoms with E-state index in [-0.39, 0.29) is 0 Å². The zero-order chi connectivity index (χ0) is 24.0. The number of hydrogen-bond acceptors (Lipinski definition) is 1. The Balaban J connectivity index is 6.25. The van der Waals surface area contributed by atoms with Crippen LogP contribution in [0.2, 0.25) is 0 Å². The third-order valence-electron chi connectivity index (χ3n) is 2.58. The van der Waals surface area contributed by atoms with E-state index in [0.29, 0.717) is 0 Å². The van der Waals surface area contributed by atoms with Crippen LogP contribution in [0.5, 0.6) is 0 Å². The maximum Gasteiger partial charge on any atom is 0.460 e. The molecule has 0 aliphatic rings. The molecule has 0 rings (SSSR count). The summed E-state index contributed by atoms with van der Waals surface area (Å²) < 4.78 is 224. The van der Waals surface area contributed by atoms with Gasteiger partial charge >= 0.3 is 48.1 Å². The third kappa shape index (κ3) is 4.46. The topological polar surface area (TPSA) is 9.23 Å². The van der Waals surface area contributed by atoms with E-state index in [9.17, 15) is 79.0 Å². The summed E-state index contributed by atoms with van der Waals surface area (Å²) in [6, 6.07) is -8.58. The molecule has 0 aromatic rings. The van der Waals surface area contributed by atoms with Crippen LogP contribution in [0.3, 0.4) is 0 Å². The predicted octanol–water partition coefficient (Wildman–Crippen LogP) is 6.89. The minimum Gasteiger partial charge on any atom is -0.400 e. The van der Waals surface area contributed by atoms with Gasteiger partial charge in [-0.25, -0.2) is 0 Å². The minimum atomic E-state index is -7.88. The van der Waals surface area contributed by atoms with Crippen LogP contribution in [0.1, 0.15) is 0 Å². The van der Waals surface area contributed by atoms with Crippen molar-refractivity contribution in [3.8, 4) is 0 Å². The second kappa shape index (κ2) is 7.37. The minimum absolute atomic E-state index is 2.09. The summed E-state index contributed by atoms with van der Waals surface area (Å²) in [4.78, 5) is 0. The average molecular weight is 478 g/mol. The summed E-state index contributed by atoms with van der Waals surface area (Å²) in [5, 5.41) is 0. The lowest BCUT2D eigenvalue weighted by atomic mass is 10.0. The molecule has 0 aliphatic heterocycles. The van der Waals surface area contributed by atoms with Crippen molar-refractivity contribution in [2.45, 2.75) is 36.0 Å². The standard InChI is InChI=1S/C10F18O/c11-1(5(15,16)7(19,20)8(21,22)10(26,27)28)3(13)29-4(14)2(12)6(17,18)9(23,24)25. The van der Waals surface area contributed by atoms with Gasteiger partial charge in [0.05, 0.1) is 0 Å². The molecular formula is C10F18O. The number of ether oxygens (including phenoxy) is 1. The fraction of sp³-hybridized carbons (Fsp3) is 0.600. The van der Waals surface area contributed by atoms with E-state index in [0.717, 1.165) is 0 Å². The van der Waals surface area contributed by atoms with Crippen molar-refractivity contribution < 1.29 is 83.8 Å². The molecule has 0 radical (unpaired) electrons. The van der Waals surface area contributed by atoms with E-state index >= 15 is 0 Å². The summed E-state index contributed by atoms with van der Waals surface area (Å²) in [6.45, 7) is 0. The van der Waals surface area contributed by atoms with Gasteiger partial charge < -0.3 is 4.74 Å². The van der Waals surface area contributed by atoms with Crippen LogP contribution in [0, 0.1) is 0 Å². The van der Waals surface area contributed by atoms with Crippen LogP contribution in [0.4, 0.5) is 79.0 Å². The lowest BCUT2D eigenvalue weighted by molar-refractivity contribution is -0.392. The van der Waals surface area contributed by atoms with Crippen LogP contribution in [0.25, 0.3) is 0 Å². The molecule has 1 nitrogen and oxygen atoms in total. The van der Waals surface area contributed by atoms with Gasteiger partial charge in [0.1, 0.15) is 0 Å². The molecule has 0 N–H and O–H groups in total. The molecule has 19 heteroatoms. The van der Waals surface area contributed by atoms with E-state index < -0.39 is 59.7 Å². The summed E-state index contributed by atoms with van der Waals surface area (Å²) in [5.41, 5.74) is 0. The quantitative estimate of drug-likeness (QED) is 0.299. The number of allylic oxidation sites excluding steroid dienone is 2. The van der Waals surface area contributed by atoms with Crippen molar-refractivity contribution in [2.75, 3.05) is 0 Å². The molecule has 0 aromatic heterocycles. The highest BCUT2D eigenvalue weighted by Gasteiger charge is 2.83. The molecule has 0 amide bonds. The van der Waals surface area contributed by atoms with Crippen LogP contribution in [0.15, 0.2) is 23.7 Å². The normalized spacial score (nSPS) is 17.0. The summed E-state index contributed by atoms with van der Waals surface area (Å²) in [5.74, 6) is -39.4. The summed E-state index contributed by atoms with van der Waals surface area (Å²) in [7, 11) is 0. The van der Waals surface area contributed by atoms with Crippen molar-refractivity contribution >= 4 is 0 Å². The molecule has 0 fully saturated rings. The van der Waals surface area contributed by atoms with Crippen molar-refractivity contribution in [3.63, 3.8) is 0 Å². The van der Waals surface area contributed by atoms with Gasteiger partial charge in [-0.15, -0.1) is 0 Å². The second-order valence-electron chi connectivity index (χ2n) is 4.57. The van der Waals surface area contributed by atoms with E-state index in [2.05, 4.69) is 4.74 Å². The Morgan fingerprint density at radius 3 is 1.00 bits per heavy atom. The summed E-state index contributed by atoms with van der Waals surface area (Å²) in [6.07, 6.45) is -14.5. The van der Waals surface area contributed by atoms with Gasteiger partial charge in [-0.3, -0.25) is 0 Å². The lowest BCUT2D eigenvalue weighted by Gasteiger charge is -2.32. The largest absolute Gasteiger partial charge is 0.460 e. The molecule has 0 aliphatic carbocycles. The van der Waals surface area contributed by atoms with Gasteiger partial charge in [0, 0.05) is 0 Å². The second-order valence-corrected chi connectivity index (χ2v) is 4.57. The van der Waals surface area contributed by atoms with Gasteiger partial charge in [0.15, 0.2) is 0 Å². The molecule has 29 heavy (non-hydrogen) atoms. The Hall–Kier alpha value is -1.98. The highest BCUT2D eigenvalue weighted by molar-refractivity contribution is 5.18. The van der Waals surface area contributed by atoms with Crippen LogP contribution in [-0.4, -0.2) is 36.0 Å². The molecule has 0 unspecified atom stereocenters. The lowest BCUT2D eigenvalue weighted by Crippen LogP contribution is -2.61. The molecule has 0 saturated carbocycles. The zero-order valence-electron chi connectivity index (χ0n) is 12.2. The fourth-order valence-corrected chi connectivity index (χ4v) is 1.05. The highest BCUT2D eigenvalue weighted by atomic mass is 19.4. The number of hydrogen-bond donors (Lipinski definition) is 0. The van der Waals surface area contributed by atoms with Crippen LogP contribution >= 0.6 is 0 Å². The van der Waals surface area contributed by atoms with Crippen molar-refractivity contribution in [3.05, 3.63) is 23.7 Å². The van der Waals surface area contributed by atoms with Crippen molar-refractivity contribution in [1.82, 2.24) is 0 Å². The first kappa shape index (κ1) is 27.0. The Kier molecular flexibility index (Phi) is 6.86. The van der Waals surface area contributed by atoms with Crippen LogP contribution in [-0.2, 0) is 4.74 Å². The van der Waals surface area contributed by atoms with E-state index in [1.54, 1.807) is 0 Å². The van der Waals surface area contributed by atoms with Crippen molar-refractivity contribution in [1.29, 1.82) is 0 Å². The smallest absolute Gasteiger partial charge is 0.400 e. The van der Waals surface area contributed by atoms with Gasteiger partial charge in [0.2, 0.25) is 5.83 Å². The number of rotatable bonds is 6. The monoisotopic (exact) mass is 478 g/mol. The maximum absolute atomic E-state index is 12.9. The van der Waals surface area contributed by atoms with Gasteiger partial charge in [-0.05, 0) is 0 Å². The average Bonchev–Trinajstić information content (AvgIpc) is 2.50.